The van der Waals surface area contributed by atoms with E-state index in [1.54, 1.807) is 11.1 Å². The average molecular weight is 190 g/mol. The molecule has 0 N–H and O–H groups in total. The first kappa shape index (κ1) is 10.0. The summed E-state index contributed by atoms with van der Waals surface area (Å²) in [7, 11) is 0. The lowest BCUT2D eigenvalue weighted by Gasteiger charge is -2.29. The van der Waals surface area contributed by atoms with Crippen LogP contribution in [0.4, 0.5) is 0 Å². The number of allylic oxidation sites excluding steroid dienone is 4. The molecule has 2 aliphatic carbocycles. The second-order valence-corrected chi connectivity index (χ2v) is 5.08. The van der Waals surface area contributed by atoms with Gasteiger partial charge in [-0.1, -0.05) is 43.1 Å². The standard InChI is InChI=1S/C14H22/c1-4-5-12-8-9-13-10(2)6-7-11(3)14(12)13/h6-7,12-14H,4-5,8-9H2,1-3H3/t12?,13-,14?/m1/s1. The van der Waals surface area contributed by atoms with Gasteiger partial charge in [0.1, 0.15) is 0 Å². The largest absolute Gasteiger partial charge is 0.0696 e. The van der Waals surface area contributed by atoms with Crippen molar-refractivity contribution in [1.82, 2.24) is 0 Å². The summed E-state index contributed by atoms with van der Waals surface area (Å²) in [5, 5.41) is 0. The van der Waals surface area contributed by atoms with Crippen molar-refractivity contribution in [3.05, 3.63) is 23.3 Å². The first-order valence-electron chi connectivity index (χ1n) is 6.09. The second-order valence-electron chi connectivity index (χ2n) is 5.08. The Bertz CT molecular complexity index is 270. The van der Waals surface area contributed by atoms with Gasteiger partial charge in [-0.25, -0.2) is 0 Å². The topological polar surface area (TPSA) is 0 Å². The predicted molar refractivity (Wildman–Crippen MR) is 62.1 cm³/mol. The molecule has 0 heteroatoms. The van der Waals surface area contributed by atoms with E-state index in [4.69, 9.17) is 0 Å². The average Bonchev–Trinajstić information content (AvgIpc) is 2.58. The van der Waals surface area contributed by atoms with E-state index < -0.39 is 0 Å². The molecule has 0 radical (unpaired) electrons. The minimum Gasteiger partial charge on any atom is -0.0696 e. The molecule has 0 spiro atoms. The van der Waals surface area contributed by atoms with Gasteiger partial charge in [0, 0.05) is 0 Å². The molecule has 0 aliphatic heterocycles. The lowest BCUT2D eigenvalue weighted by molar-refractivity contribution is 0.364. The highest BCUT2D eigenvalue weighted by atomic mass is 14.4. The monoisotopic (exact) mass is 190 g/mol. The van der Waals surface area contributed by atoms with Gasteiger partial charge in [0.15, 0.2) is 0 Å². The summed E-state index contributed by atoms with van der Waals surface area (Å²) in [6, 6.07) is 0. The van der Waals surface area contributed by atoms with Gasteiger partial charge in [-0.2, -0.15) is 0 Å². The van der Waals surface area contributed by atoms with E-state index in [9.17, 15) is 0 Å². The molecule has 3 atom stereocenters. The molecule has 1 saturated carbocycles. The zero-order valence-corrected chi connectivity index (χ0v) is 9.72. The molecule has 78 valence electrons. The quantitative estimate of drug-likeness (QED) is 0.608. The highest BCUT2D eigenvalue weighted by molar-refractivity contribution is 5.29. The summed E-state index contributed by atoms with van der Waals surface area (Å²) in [5.41, 5.74) is 3.26. The first-order chi connectivity index (χ1) is 6.74. The SMILES string of the molecule is CCCC1CC[C@@H]2C(C)=CC=C(C)C12. The van der Waals surface area contributed by atoms with Crippen molar-refractivity contribution >= 4 is 0 Å². The molecule has 0 aromatic heterocycles. The van der Waals surface area contributed by atoms with Crippen LogP contribution in [0.3, 0.4) is 0 Å². The van der Waals surface area contributed by atoms with E-state index in [-0.39, 0.29) is 0 Å². The maximum absolute atomic E-state index is 2.35. The number of hydrogen-bond acceptors (Lipinski definition) is 0. The Hall–Kier alpha value is -0.520. The van der Waals surface area contributed by atoms with Crippen molar-refractivity contribution in [2.75, 3.05) is 0 Å². The van der Waals surface area contributed by atoms with Crippen molar-refractivity contribution in [2.45, 2.75) is 46.5 Å². The van der Waals surface area contributed by atoms with Crippen LogP contribution in [0.15, 0.2) is 23.3 Å². The Morgan fingerprint density at radius 3 is 2.57 bits per heavy atom. The third-order valence-electron chi connectivity index (χ3n) is 4.17. The van der Waals surface area contributed by atoms with Crippen molar-refractivity contribution in [1.29, 1.82) is 0 Å². The van der Waals surface area contributed by atoms with Crippen LogP contribution in [0.1, 0.15) is 46.5 Å². The number of hydrogen-bond donors (Lipinski definition) is 0. The Morgan fingerprint density at radius 2 is 1.86 bits per heavy atom. The second kappa shape index (κ2) is 3.92. The molecular weight excluding hydrogens is 168 g/mol. The van der Waals surface area contributed by atoms with Gasteiger partial charge in [0.05, 0.1) is 0 Å². The summed E-state index contributed by atoms with van der Waals surface area (Å²) in [4.78, 5) is 0. The maximum atomic E-state index is 2.35. The van der Waals surface area contributed by atoms with Crippen LogP contribution in [0, 0.1) is 17.8 Å². The van der Waals surface area contributed by atoms with Crippen LogP contribution in [0.5, 0.6) is 0 Å². The van der Waals surface area contributed by atoms with Crippen LogP contribution in [-0.2, 0) is 0 Å². The van der Waals surface area contributed by atoms with Gasteiger partial charge in [-0.3, -0.25) is 0 Å². The molecule has 0 amide bonds. The summed E-state index contributed by atoms with van der Waals surface area (Å²) < 4.78 is 0. The summed E-state index contributed by atoms with van der Waals surface area (Å²) >= 11 is 0. The zero-order chi connectivity index (χ0) is 10.1. The maximum Gasteiger partial charge on any atom is -0.0109 e. The first-order valence-corrected chi connectivity index (χ1v) is 6.09. The third kappa shape index (κ3) is 1.55. The lowest BCUT2D eigenvalue weighted by Crippen LogP contribution is -2.19. The molecular formula is C14H22. The molecule has 0 saturated heterocycles. The van der Waals surface area contributed by atoms with Crippen LogP contribution < -0.4 is 0 Å². The Balaban J connectivity index is 2.18. The third-order valence-corrected chi connectivity index (χ3v) is 4.17. The normalized spacial score (nSPS) is 36.4. The zero-order valence-electron chi connectivity index (χ0n) is 9.72. The Labute approximate surface area is 88.1 Å². The molecule has 2 unspecified atom stereocenters. The van der Waals surface area contributed by atoms with Crippen molar-refractivity contribution in [2.24, 2.45) is 17.8 Å². The van der Waals surface area contributed by atoms with E-state index in [1.165, 1.54) is 25.7 Å². The van der Waals surface area contributed by atoms with Crippen molar-refractivity contribution in [3.8, 4) is 0 Å². The van der Waals surface area contributed by atoms with E-state index >= 15 is 0 Å². The Morgan fingerprint density at radius 1 is 1.14 bits per heavy atom. The number of fused-ring (bicyclic) bond motifs is 1. The van der Waals surface area contributed by atoms with Gasteiger partial charge in [-0.15, -0.1) is 0 Å². The fraction of sp³-hybridized carbons (Fsp3) is 0.714. The summed E-state index contributed by atoms with van der Waals surface area (Å²) in [6.45, 7) is 6.96. The van der Waals surface area contributed by atoms with Crippen molar-refractivity contribution < 1.29 is 0 Å². The molecule has 0 bridgehead atoms. The molecule has 2 aliphatic rings. The molecule has 0 aromatic rings. The highest BCUT2D eigenvalue weighted by Crippen LogP contribution is 2.48. The van der Waals surface area contributed by atoms with Crippen molar-refractivity contribution in [3.63, 3.8) is 0 Å². The van der Waals surface area contributed by atoms with E-state index in [0.717, 1.165) is 17.8 Å². The fourth-order valence-corrected chi connectivity index (χ4v) is 3.47. The van der Waals surface area contributed by atoms with Gasteiger partial charge in [-0.05, 0) is 44.4 Å². The van der Waals surface area contributed by atoms with Gasteiger partial charge >= 0.3 is 0 Å². The molecule has 0 heterocycles. The van der Waals surface area contributed by atoms with Gasteiger partial charge in [0.2, 0.25) is 0 Å². The van der Waals surface area contributed by atoms with Crippen LogP contribution in [0.25, 0.3) is 0 Å². The molecule has 14 heavy (non-hydrogen) atoms. The lowest BCUT2D eigenvalue weighted by atomic mass is 9.76. The summed E-state index contributed by atoms with van der Waals surface area (Å²) in [5.74, 6) is 2.75. The smallest absolute Gasteiger partial charge is 0.0109 e. The predicted octanol–water partition coefficient (Wildman–Crippen LogP) is 4.34. The summed E-state index contributed by atoms with van der Waals surface area (Å²) in [6.07, 6.45) is 10.4. The minimum absolute atomic E-state index is 0.886. The minimum atomic E-state index is 0.886. The molecule has 1 fully saturated rings. The van der Waals surface area contributed by atoms with E-state index in [1.807, 2.05) is 0 Å². The molecule has 2 rings (SSSR count). The number of rotatable bonds is 2. The van der Waals surface area contributed by atoms with E-state index in [0.29, 0.717) is 0 Å². The highest BCUT2D eigenvalue weighted by Gasteiger charge is 2.37. The Kier molecular flexibility index (Phi) is 2.80. The molecule has 0 nitrogen and oxygen atoms in total. The van der Waals surface area contributed by atoms with E-state index in [2.05, 4.69) is 32.9 Å². The van der Waals surface area contributed by atoms with Crippen LogP contribution in [-0.4, -0.2) is 0 Å². The van der Waals surface area contributed by atoms with Crippen LogP contribution in [0.2, 0.25) is 0 Å². The van der Waals surface area contributed by atoms with Crippen LogP contribution >= 0.6 is 0 Å². The van der Waals surface area contributed by atoms with Gasteiger partial charge < -0.3 is 0 Å². The fourth-order valence-electron chi connectivity index (χ4n) is 3.47. The molecule has 0 aromatic carbocycles. The van der Waals surface area contributed by atoms with Gasteiger partial charge in [0.25, 0.3) is 0 Å².